The molecule has 0 unspecified atom stereocenters. The second-order valence-corrected chi connectivity index (χ2v) is 7.41. The van der Waals surface area contributed by atoms with Crippen LogP contribution in [0.2, 0.25) is 0 Å². The lowest BCUT2D eigenvalue weighted by atomic mass is 10.0. The van der Waals surface area contributed by atoms with Crippen molar-refractivity contribution in [1.29, 1.82) is 0 Å². The van der Waals surface area contributed by atoms with Gasteiger partial charge in [0.05, 0.1) is 28.5 Å². The summed E-state index contributed by atoms with van der Waals surface area (Å²) in [6, 6.07) is 12.8. The van der Waals surface area contributed by atoms with Gasteiger partial charge in [-0.15, -0.1) is 0 Å². The highest BCUT2D eigenvalue weighted by atomic mass is 19.2. The summed E-state index contributed by atoms with van der Waals surface area (Å²) in [4.78, 5) is 25.6. The van der Waals surface area contributed by atoms with E-state index in [9.17, 15) is 13.6 Å². The van der Waals surface area contributed by atoms with Gasteiger partial charge in [-0.25, -0.2) is 13.8 Å². The molecular formula is C25H17F2N5O. The zero-order valence-corrected chi connectivity index (χ0v) is 17.5. The molecule has 0 saturated heterocycles. The maximum absolute atomic E-state index is 14.4. The number of hydrogen-bond donors (Lipinski definition) is 1. The summed E-state index contributed by atoms with van der Waals surface area (Å²) in [5.41, 5.74) is 3.79. The lowest BCUT2D eigenvalue weighted by Crippen LogP contribution is -2.14. The Morgan fingerprint density at radius 1 is 0.970 bits per heavy atom. The number of carbonyl (C=O) groups is 1. The number of fused-ring (bicyclic) bond motifs is 1. The van der Waals surface area contributed by atoms with E-state index in [-0.39, 0.29) is 17.3 Å². The number of rotatable bonds is 4. The summed E-state index contributed by atoms with van der Waals surface area (Å²) >= 11 is 0. The highest BCUT2D eigenvalue weighted by Gasteiger charge is 2.18. The minimum Gasteiger partial charge on any atom is -0.322 e. The Morgan fingerprint density at radius 2 is 1.76 bits per heavy atom. The van der Waals surface area contributed by atoms with Crippen LogP contribution in [-0.2, 0) is 0 Å². The van der Waals surface area contributed by atoms with Crippen LogP contribution in [0.1, 0.15) is 16.1 Å². The summed E-state index contributed by atoms with van der Waals surface area (Å²) in [6.45, 7) is 1.76. The van der Waals surface area contributed by atoms with E-state index in [0.29, 0.717) is 28.0 Å². The fourth-order valence-electron chi connectivity index (χ4n) is 3.69. The van der Waals surface area contributed by atoms with Crippen LogP contribution in [0.4, 0.5) is 14.5 Å². The lowest BCUT2D eigenvalue weighted by Gasteiger charge is -2.11. The molecule has 0 aliphatic carbocycles. The second kappa shape index (κ2) is 8.23. The molecule has 1 aromatic carbocycles. The van der Waals surface area contributed by atoms with Crippen molar-refractivity contribution in [2.24, 2.45) is 0 Å². The Bertz CT molecular complexity index is 1500. The summed E-state index contributed by atoms with van der Waals surface area (Å²) in [5, 5.41) is 2.84. The Hall–Kier alpha value is -4.46. The number of aryl methyl sites for hydroxylation is 1. The predicted molar refractivity (Wildman–Crippen MR) is 121 cm³/mol. The molecule has 0 spiro atoms. The van der Waals surface area contributed by atoms with Gasteiger partial charge in [-0.1, -0.05) is 12.1 Å². The minimum absolute atomic E-state index is 0.0617. The molecule has 1 amide bonds. The fraction of sp³-hybridized carbons (Fsp3) is 0.0400. The van der Waals surface area contributed by atoms with Crippen molar-refractivity contribution in [2.75, 3.05) is 5.32 Å². The van der Waals surface area contributed by atoms with Crippen LogP contribution < -0.4 is 5.32 Å². The molecule has 8 heteroatoms. The molecule has 0 atom stereocenters. The number of aromatic nitrogens is 4. The first-order chi connectivity index (χ1) is 16.0. The number of nitrogens with zero attached hydrogens (tertiary/aromatic N) is 4. The summed E-state index contributed by atoms with van der Waals surface area (Å²) < 4.78 is 29.8. The molecule has 0 fully saturated rings. The molecular weight excluding hydrogens is 424 g/mol. The number of nitrogens with one attached hydrogen (secondary N) is 1. The SMILES string of the molecule is Cc1ncc(-c2cccn3c(-c4cccc(F)c4F)ncc23)cc1C(=O)Nc1ccncc1. The third-order valence-electron chi connectivity index (χ3n) is 5.34. The number of amides is 1. The molecule has 0 saturated carbocycles. The first-order valence-corrected chi connectivity index (χ1v) is 10.1. The third kappa shape index (κ3) is 3.71. The fourth-order valence-corrected chi connectivity index (χ4v) is 3.69. The molecule has 0 bridgehead atoms. The molecule has 6 nitrogen and oxygen atoms in total. The van der Waals surface area contributed by atoms with Crippen molar-refractivity contribution >= 4 is 17.1 Å². The molecule has 4 aromatic heterocycles. The molecule has 0 radical (unpaired) electrons. The summed E-state index contributed by atoms with van der Waals surface area (Å²) in [5.74, 6) is -1.91. The second-order valence-electron chi connectivity index (χ2n) is 7.41. The Balaban J connectivity index is 1.58. The minimum atomic E-state index is -0.956. The van der Waals surface area contributed by atoms with E-state index in [2.05, 4.69) is 20.3 Å². The normalized spacial score (nSPS) is 11.0. The molecule has 162 valence electrons. The summed E-state index contributed by atoms with van der Waals surface area (Å²) in [7, 11) is 0. The Labute approximate surface area is 187 Å². The van der Waals surface area contributed by atoms with Crippen molar-refractivity contribution in [2.45, 2.75) is 6.92 Å². The van der Waals surface area contributed by atoms with E-state index < -0.39 is 11.6 Å². The number of carbonyl (C=O) groups excluding carboxylic acids is 1. The number of imidazole rings is 1. The van der Waals surface area contributed by atoms with Gasteiger partial charge in [0, 0.05) is 41.6 Å². The van der Waals surface area contributed by atoms with Gasteiger partial charge in [-0.3, -0.25) is 19.2 Å². The van der Waals surface area contributed by atoms with Crippen molar-refractivity contribution in [1.82, 2.24) is 19.4 Å². The van der Waals surface area contributed by atoms with Crippen LogP contribution in [0.3, 0.4) is 0 Å². The maximum Gasteiger partial charge on any atom is 0.257 e. The van der Waals surface area contributed by atoms with E-state index in [1.807, 2.05) is 6.07 Å². The average Bonchev–Trinajstić information content (AvgIpc) is 3.26. The van der Waals surface area contributed by atoms with Gasteiger partial charge in [-0.05, 0) is 43.3 Å². The largest absolute Gasteiger partial charge is 0.322 e. The van der Waals surface area contributed by atoms with E-state index in [1.165, 1.54) is 12.1 Å². The Kier molecular flexibility index (Phi) is 5.10. The average molecular weight is 441 g/mol. The van der Waals surface area contributed by atoms with Crippen molar-refractivity contribution in [3.8, 4) is 22.5 Å². The molecule has 33 heavy (non-hydrogen) atoms. The number of hydrogen-bond acceptors (Lipinski definition) is 4. The van der Waals surface area contributed by atoms with Crippen LogP contribution >= 0.6 is 0 Å². The van der Waals surface area contributed by atoms with Gasteiger partial charge in [0.25, 0.3) is 5.91 Å². The van der Waals surface area contributed by atoms with Gasteiger partial charge >= 0.3 is 0 Å². The van der Waals surface area contributed by atoms with Gasteiger partial charge in [0.2, 0.25) is 0 Å². The number of halogens is 2. The van der Waals surface area contributed by atoms with Gasteiger partial charge in [-0.2, -0.15) is 0 Å². The van der Waals surface area contributed by atoms with Crippen LogP contribution in [0, 0.1) is 18.6 Å². The molecule has 0 aliphatic rings. The van der Waals surface area contributed by atoms with Crippen molar-refractivity contribution in [3.05, 3.63) is 102 Å². The molecule has 1 N–H and O–H groups in total. The zero-order chi connectivity index (χ0) is 22.9. The van der Waals surface area contributed by atoms with E-state index in [4.69, 9.17) is 0 Å². The standard InChI is InChI=1S/C25H17F2N5O/c1-15-20(25(33)31-17-7-9-28-10-8-17)12-16(13-29-15)18-5-3-11-32-22(18)14-30-24(32)19-4-2-6-21(26)23(19)27/h2-14H,1H3,(H,28,31,33). The molecule has 0 aliphatic heterocycles. The third-order valence-corrected chi connectivity index (χ3v) is 5.34. The smallest absolute Gasteiger partial charge is 0.257 e. The van der Waals surface area contributed by atoms with Crippen LogP contribution in [0.15, 0.2) is 79.5 Å². The highest BCUT2D eigenvalue weighted by molar-refractivity contribution is 6.05. The van der Waals surface area contributed by atoms with Gasteiger partial charge in [0.15, 0.2) is 11.6 Å². The van der Waals surface area contributed by atoms with Crippen LogP contribution in [0.5, 0.6) is 0 Å². The predicted octanol–water partition coefficient (Wildman–Crippen LogP) is 5.30. The van der Waals surface area contributed by atoms with Gasteiger partial charge < -0.3 is 5.32 Å². The first kappa shape index (κ1) is 20.4. The van der Waals surface area contributed by atoms with E-state index >= 15 is 0 Å². The first-order valence-electron chi connectivity index (χ1n) is 10.1. The quantitative estimate of drug-likeness (QED) is 0.411. The van der Waals surface area contributed by atoms with Gasteiger partial charge in [0.1, 0.15) is 5.82 Å². The topological polar surface area (TPSA) is 72.2 Å². The monoisotopic (exact) mass is 441 g/mol. The lowest BCUT2D eigenvalue weighted by molar-refractivity contribution is 0.102. The van der Waals surface area contributed by atoms with Crippen molar-refractivity contribution in [3.63, 3.8) is 0 Å². The Morgan fingerprint density at radius 3 is 2.58 bits per heavy atom. The zero-order valence-electron chi connectivity index (χ0n) is 17.5. The molecule has 5 rings (SSSR count). The number of anilines is 1. The summed E-state index contributed by atoms with van der Waals surface area (Å²) in [6.07, 6.45) is 8.17. The van der Waals surface area contributed by atoms with E-state index in [0.717, 1.165) is 11.6 Å². The highest BCUT2D eigenvalue weighted by Crippen LogP contribution is 2.30. The number of pyridine rings is 3. The molecule has 5 aromatic rings. The van der Waals surface area contributed by atoms with Crippen LogP contribution in [-0.4, -0.2) is 25.3 Å². The molecule has 4 heterocycles. The van der Waals surface area contributed by atoms with Crippen molar-refractivity contribution < 1.29 is 13.6 Å². The number of benzene rings is 1. The van der Waals surface area contributed by atoms with E-state index in [1.54, 1.807) is 66.6 Å². The maximum atomic E-state index is 14.4. The van der Waals surface area contributed by atoms with Crippen LogP contribution in [0.25, 0.3) is 28.0 Å².